The molecule has 2 fully saturated rings. The zero-order valence-electron chi connectivity index (χ0n) is 8.63. The third-order valence-corrected chi connectivity index (χ3v) is 3.30. The molecule has 0 aromatic rings. The first-order valence-electron chi connectivity index (χ1n) is 5.14. The van der Waals surface area contributed by atoms with E-state index in [4.69, 9.17) is 5.73 Å². The topological polar surface area (TPSA) is 72.2 Å². The second-order valence-electron chi connectivity index (χ2n) is 4.64. The Hall–Kier alpha value is -1.20. The molecule has 0 aromatic heterocycles. The molecule has 1 radical (unpaired) electrons. The van der Waals surface area contributed by atoms with Crippen LogP contribution in [0.1, 0.15) is 25.7 Å². The van der Waals surface area contributed by atoms with E-state index in [2.05, 4.69) is 5.32 Å². The Labute approximate surface area is 91.6 Å². The van der Waals surface area contributed by atoms with Crippen LogP contribution in [0.3, 0.4) is 0 Å². The van der Waals surface area contributed by atoms with Crippen LogP contribution in [0.4, 0.5) is 8.78 Å². The average Bonchev–Trinajstić information content (AvgIpc) is 2.42. The van der Waals surface area contributed by atoms with Gasteiger partial charge in [-0.25, -0.2) is 8.78 Å². The van der Waals surface area contributed by atoms with Crippen molar-refractivity contribution in [3.63, 3.8) is 0 Å². The van der Waals surface area contributed by atoms with Gasteiger partial charge < -0.3 is 11.1 Å². The summed E-state index contributed by atoms with van der Waals surface area (Å²) in [7, 11) is 0. The Morgan fingerprint density at radius 2 is 2.19 bits per heavy atom. The summed E-state index contributed by atoms with van der Waals surface area (Å²) in [4.78, 5) is 22.6. The first-order valence-corrected chi connectivity index (χ1v) is 5.14. The molecule has 3 N–H and O–H groups in total. The number of nitrogens with two attached hydrogens (primary N) is 1. The summed E-state index contributed by atoms with van der Waals surface area (Å²) in [6, 6.07) is -0.810. The van der Waals surface area contributed by atoms with Crippen molar-refractivity contribution in [1.82, 2.24) is 5.32 Å². The standard InChI is InChI=1S/C10H13F2N2O2/c11-10(12)3-1-2-9(5-10)4-6(7(13)15)14-8(9)16/h1,6H,2-5H2,(H2,13,15)(H,14,16). The Morgan fingerprint density at radius 3 is 2.69 bits per heavy atom. The largest absolute Gasteiger partial charge is 0.368 e. The second-order valence-corrected chi connectivity index (χ2v) is 4.64. The van der Waals surface area contributed by atoms with E-state index in [0.717, 1.165) is 0 Å². The van der Waals surface area contributed by atoms with Gasteiger partial charge in [-0.15, -0.1) is 0 Å². The molecule has 1 saturated carbocycles. The molecular weight excluding hydrogens is 218 g/mol. The lowest BCUT2D eigenvalue weighted by atomic mass is 9.70. The number of alkyl halides is 2. The summed E-state index contributed by atoms with van der Waals surface area (Å²) in [5.74, 6) is -4.01. The summed E-state index contributed by atoms with van der Waals surface area (Å²) in [6.45, 7) is 0. The van der Waals surface area contributed by atoms with Crippen molar-refractivity contribution in [3.05, 3.63) is 6.42 Å². The fraction of sp³-hybridized carbons (Fsp3) is 0.700. The van der Waals surface area contributed by atoms with Gasteiger partial charge in [-0.1, -0.05) is 0 Å². The molecule has 1 heterocycles. The molecule has 1 saturated heterocycles. The zero-order valence-corrected chi connectivity index (χ0v) is 8.63. The van der Waals surface area contributed by atoms with Crippen molar-refractivity contribution in [3.8, 4) is 0 Å². The van der Waals surface area contributed by atoms with Crippen LogP contribution in [0.25, 0.3) is 0 Å². The van der Waals surface area contributed by atoms with Crippen molar-refractivity contribution in [2.45, 2.75) is 37.6 Å². The molecule has 2 atom stereocenters. The predicted molar refractivity (Wildman–Crippen MR) is 51.3 cm³/mol. The van der Waals surface area contributed by atoms with Crippen LogP contribution >= 0.6 is 0 Å². The van der Waals surface area contributed by atoms with Crippen molar-refractivity contribution in [2.75, 3.05) is 0 Å². The number of halogens is 2. The maximum Gasteiger partial charge on any atom is 0.249 e. The number of nitrogens with one attached hydrogen (secondary N) is 1. The molecule has 4 nitrogen and oxygen atoms in total. The van der Waals surface area contributed by atoms with Gasteiger partial charge >= 0.3 is 0 Å². The van der Waals surface area contributed by atoms with Gasteiger partial charge in [-0.3, -0.25) is 9.59 Å². The number of amides is 2. The predicted octanol–water partition coefficient (Wildman–Crippen LogP) is 0.370. The Bertz CT molecular complexity index is 346. The van der Waals surface area contributed by atoms with Gasteiger partial charge in [0.25, 0.3) is 0 Å². The molecule has 2 unspecified atom stereocenters. The van der Waals surface area contributed by atoms with Crippen LogP contribution in [0.5, 0.6) is 0 Å². The average molecular weight is 231 g/mol. The highest BCUT2D eigenvalue weighted by atomic mass is 19.3. The van der Waals surface area contributed by atoms with Gasteiger partial charge in [-0.05, 0) is 19.3 Å². The van der Waals surface area contributed by atoms with Gasteiger partial charge in [0.1, 0.15) is 6.04 Å². The molecule has 6 heteroatoms. The monoisotopic (exact) mass is 231 g/mol. The van der Waals surface area contributed by atoms with Crippen LogP contribution in [-0.4, -0.2) is 23.8 Å². The van der Waals surface area contributed by atoms with Crippen LogP contribution in [0.2, 0.25) is 0 Å². The van der Waals surface area contributed by atoms with Gasteiger partial charge in [-0.2, -0.15) is 0 Å². The minimum atomic E-state index is -2.86. The van der Waals surface area contributed by atoms with E-state index >= 15 is 0 Å². The third kappa shape index (κ3) is 1.76. The number of primary amides is 1. The minimum absolute atomic E-state index is 0.0766. The number of hydrogen-bond acceptors (Lipinski definition) is 2. The third-order valence-electron chi connectivity index (χ3n) is 3.30. The molecule has 2 aliphatic rings. The minimum Gasteiger partial charge on any atom is -0.368 e. The molecule has 2 amide bonds. The first kappa shape index (κ1) is 11.3. The summed E-state index contributed by atoms with van der Waals surface area (Å²) in [6.07, 6.45) is 0.993. The van der Waals surface area contributed by atoms with Gasteiger partial charge in [0, 0.05) is 12.8 Å². The van der Waals surface area contributed by atoms with Crippen LogP contribution in [0.15, 0.2) is 0 Å². The summed E-state index contributed by atoms with van der Waals surface area (Å²) in [5, 5.41) is 2.38. The van der Waals surface area contributed by atoms with E-state index in [9.17, 15) is 18.4 Å². The summed E-state index contributed by atoms with van der Waals surface area (Å²) >= 11 is 0. The highest BCUT2D eigenvalue weighted by Gasteiger charge is 2.55. The Kier molecular flexibility index (Phi) is 2.40. The lowest BCUT2D eigenvalue weighted by Gasteiger charge is -2.35. The zero-order chi connectivity index (χ0) is 12.0. The quantitative estimate of drug-likeness (QED) is 0.684. The van der Waals surface area contributed by atoms with Crippen molar-refractivity contribution in [2.24, 2.45) is 11.1 Å². The van der Waals surface area contributed by atoms with Crippen molar-refractivity contribution in [1.29, 1.82) is 0 Å². The maximum absolute atomic E-state index is 13.3. The van der Waals surface area contributed by atoms with E-state index < -0.39 is 35.6 Å². The molecule has 89 valence electrons. The highest BCUT2D eigenvalue weighted by molar-refractivity contribution is 5.93. The Balaban J connectivity index is 2.19. The maximum atomic E-state index is 13.3. The smallest absolute Gasteiger partial charge is 0.249 e. The van der Waals surface area contributed by atoms with E-state index in [-0.39, 0.29) is 19.3 Å². The second kappa shape index (κ2) is 3.40. The number of carbonyl (C=O) groups excluding carboxylic acids is 2. The van der Waals surface area contributed by atoms with E-state index in [0.29, 0.717) is 0 Å². The number of carbonyl (C=O) groups is 2. The van der Waals surface area contributed by atoms with Crippen LogP contribution in [-0.2, 0) is 9.59 Å². The normalized spacial score (nSPS) is 37.4. The highest BCUT2D eigenvalue weighted by Crippen LogP contribution is 2.49. The summed E-state index contributed by atoms with van der Waals surface area (Å²) < 4.78 is 26.6. The number of rotatable bonds is 1. The van der Waals surface area contributed by atoms with E-state index in [1.165, 1.54) is 6.42 Å². The van der Waals surface area contributed by atoms with E-state index in [1.54, 1.807) is 0 Å². The molecule has 1 aliphatic carbocycles. The van der Waals surface area contributed by atoms with Crippen LogP contribution in [0, 0.1) is 11.8 Å². The molecule has 1 spiro atoms. The SMILES string of the molecule is NC(=O)C1CC2(C[CH]CC(F)(F)C2)C(=O)N1. The fourth-order valence-electron chi connectivity index (χ4n) is 2.55. The number of hydrogen-bond donors (Lipinski definition) is 2. The van der Waals surface area contributed by atoms with E-state index in [1.807, 2.05) is 0 Å². The molecule has 0 bridgehead atoms. The lowest BCUT2D eigenvalue weighted by molar-refractivity contribution is -0.136. The van der Waals surface area contributed by atoms with Gasteiger partial charge in [0.15, 0.2) is 0 Å². The first-order chi connectivity index (χ1) is 7.35. The summed E-state index contributed by atoms with van der Waals surface area (Å²) in [5.41, 5.74) is 3.93. The fourth-order valence-corrected chi connectivity index (χ4v) is 2.55. The van der Waals surface area contributed by atoms with Crippen molar-refractivity contribution < 1.29 is 18.4 Å². The molecule has 1 aliphatic heterocycles. The van der Waals surface area contributed by atoms with Gasteiger partial charge in [0.2, 0.25) is 17.7 Å². The lowest BCUT2D eigenvalue weighted by Crippen LogP contribution is -2.41. The van der Waals surface area contributed by atoms with Gasteiger partial charge in [0.05, 0.1) is 5.41 Å². The molecular formula is C10H13F2N2O2. The van der Waals surface area contributed by atoms with Crippen LogP contribution < -0.4 is 11.1 Å². The molecule has 0 aromatic carbocycles. The Morgan fingerprint density at radius 1 is 1.50 bits per heavy atom. The molecule has 16 heavy (non-hydrogen) atoms. The van der Waals surface area contributed by atoms with Crippen molar-refractivity contribution >= 4 is 11.8 Å². The molecule has 2 rings (SSSR count).